The largest absolute Gasteiger partial charge is 0.460 e. The number of benzene rings is 1. The monoisotopic (exact) mass is 322 g/mol. The van der Waals surface area contributed by atoms with Gasteiger partial charge in [-0.1, -0.05) is 19.1 Å². The highest BCUT2D eigenvalue weighted by atomic mass is 16.5. The van der Waals surface area contributed by atoms with Crippen molar-refractivity contribution in [1.82, 2.24) is 14.9 Å². The van der Waals surface area contributed by atoms with E-state index in [1.54, 1.807) is 0 Å². The number of aromatic nitrogens is 2. The number of nitrogens with zero attached hydrogens (tertiary/aromatic N) is 4. The first kappa shape index (κ1) is 16.4. The fraction of sp³-hybridized carbons (Fsp3) is 0.421. The lowest BCUT2D eigenvalue weighted by molar-refractivity contribution is 0.0892. The first-order valence-electron chi connectivity index (χ1n) is 8.46. The molecule has 3 rings (SSSR count). The molecule has 0 saturated carbocycles. The number of piperidine rings is 1. The van der Waals surface area contributed by atoms with E-state index in [9.17, 15) is 0 Å². The molecule has 0 unspecified atom stereocenters. The molecule has 124 valence electrons. The van der Waals surface area contributed by atoms with Gasteiger partial charge in [-0.25, -0.2) is 9.97 Å². The van der Waals surface area contributed by atoms with Gasteiger partial charge in [0, 0.05) is 32.0 Å². The summed E-state index contributed by atoms with van der Waals surface area (Å²) in [6.45, 7) is 4.92. The molecule has 1 aliphatic heterocycles. The van der Waals surface area contributed by atoms with Gasteiger partial charge in [-0.2, -0.15) is 5.26 Å². The van der Waals surface area contributed by atoms with Crippen LogP contribution in [0.5, 0.6) is 6.01 Å². The maximum absolute atomic E-state index is 8.98. The topological polar surface area (TPSA) is 62.0 Å². The molecule has 0 spiro atoms. The number of nitriles is 1. The molecule has 0 amide bonds. The van der Waals surface area contributed by atoms with Crippen molar-refractivity contribution in [2.24, 2.45) is 0 Å². The smallest absolute Gasteiger partial charge is 0.316 e. The molecular formula is C19H22N4O. The molecule has 2 heterocycles. The Bertz CT molecular complexity index is 700. The third-order valence-corrected chi connectivity index (χ3v) is 4.36. The standard InChI is InChI=1S/C19H22N4O/c1-2-15-12-21-19(22-13-15)24-18-6-8-23(9-7-18)14-17-5-3-4-16(10-17)11-20/h3-5,10,12-13,18H,2,6-9,14H2,1H3. The van der Waals surface area contributed by atoms with Crippen LogP contribution in [0, 0.1) is 11.3 Å². The number of hydrogen-bond acceptors (Lipinski definition) is 5. The van der Waals surface area contributed by atoms with Crippen molar-refractivity contribution >= 4 is 0 Å². The lowest BCUT2D eigenvalue weighted by Crippen LogP contribution is -2.38. The molecule has 1 aromatic heterocycles. The minimum Gasteiger partial charge on any atom is -0.460 e. The quantitative estimate of drug-likeness (QED) is 0.847. The van der Waals surface area contributed by atoms with Crippen LogP contribution in [-0.2, 0) is 13.0 Å². The van der Waals surface area contributed by atoms with Crippen molar-refractivity contribution in [3.63, 3.8) is 0 Å². The van der Waals surface area contributed by atoms with Crippen LogP contribution in [0.15, 0.2) is 36.7 Å². The molecule has 0 radical (unpaired) electrons. The van der Waals surface area contributed by atoms with Crippen molar-refractivity contribution in [2.75, 3.05) is 13.1 Å². The van der Waals surface area contributed by atoms with Gasteiger partial charge < -0.3 is 4.74 Å². The summed E-state index contributed by atoms with van der Waals surface area (Å²) in [7, 11) is 0. The number of aryl methyl sites for hydroxylation is 1. The maximum Gasteiger partial charge on any atom is 0.316 e. The number of rotatable bonds is 5. The lowest BCUT2D eigenvalue weighted by Gasteiger charge is -2.31. The van der Waals surface area contributed by atoms with Gasteiger partial charge in [-0.05, 0) is 42.5 Å². The first-order valence-corrected chi connectivity index (χ1v) is 8.46. The zero-order chi connectivity index (χ0) is 16.8. The minimum atomic E-state index is 0.180. The van der Waals surface area contributed by atoms with Gasteiger partial charge in [0.1, 0.15) is 6.10 Å². The third-order valence-electron chi connectivity index (χ3n) is 4.36. The SMILES string of the molecule is CCc1cnc(OC2CCN(Cc3cccc(C#N)c3)CC2)nc1. The predicted octanol–water partition coefficient (Wildman–Crippen LogP) is 2.95. The van der Waals surface area contributed by atoms with Gasteiger partial charge in [0.2, 0.25) is 0 Å². The molecular weight excluding hydrogens is 300 g/mol. The fourth-order valence-electron chi connectivity index (χ4n) is 2.92. The summed E-state index contributed by atoms with van der Waals surface area (Å²) in [5, 5.41) is 8.98. The Morgan fingerprint density at radius 3 is 2.62 bits per heavy atom. The van der Waals surface area contributed by atoms with Crippen LogP contribution in [0.1, 0.15) is 36.5 Å². The normalized spacial score (nSPS) is 15.8. The molecule has 0 atom stereocenters. The average Bonchev–Trinajstić information content (AvgIpc) is 2.64. The summed E-state index contributed by atoms with van der Waals surface area (Å²) in [4.78, 5) is 10.9. The lowest BCUT2D eigenvalue weighted by atomic mass is 10.1. The van der Waals surface area contributed by atoms with E-state index < -0.39 is 0 Å². The van der Waals surface area contributed by atoms with Crippen LogP contribution in [0.2, 0.25) is 0 Å². The number of ether oxygens (including phenoxy) is 1. The Balaban J connectivity index is 1.49. The van der Waals surface area contributed by atoms with Crippen molar-refractivity contribution in [3.8, 4) is 12.1 Å². The van der Waals surface area contributed by atoms with E-state index in [1.165, 1.54) is 5.56 Å². The van der Waals surface area contributed by atoms with Crippen LogP contribution >= 0.6 is 0 Å². The molecule has 1 aromatic carbocycles. The summed E-state index contributed by atoms with van der Waals surface area (Å²) in [6, 6.07) is 10.5. The zero-order valence-electron chi connectivity index (χ0n) is 14.0. The molecule has 1 aliphatic rings. The molecule has 0 aliphatic carbocycles. The molecule has 24 heavy (non-hydrogen) atoms. The summed E-state index contributed by atoms with van der Waals surface area (Å²) < 4.78 is 5.90. The Labute approximate surface area is 142 Å². The molecule has 5 heteroatoms. The molecule has 2 aromatic rings. The minimum absolute atomic E-state index is 0.180. The highest BCUT2D eigenvalue weighted by Crippen LogP contribution is 2.18. The van der Waals surface area contributed by atoms with E-state index in [0.29, 0.717) is 6.01 Å². The molecule has 1 saturated heterocycles. The van der Waals surface area contributed by atoms with Crippen molar-refractivity contribution < 1.29 is 4.74 Å². The van der Waals surface area contributed by atoms with Crippen molar-refractivity contribution in [3.05, 3.63) is 53.3 Å². The van der Waals surface area contributed by atoms with Gasteiger partial charge >= 0.3 is 6.01 Å². The number of hydrogen-bond donors (Lipinski definition) is 0. The van der Waals surface area contributed by atoms with Gasteiger partial charge in [-0.15, -0.1) is 0 Å². The zero-order valence-corrected chi connectivity index (χ0v) is 14.0. The second kappa shape index (κ2) is 7.89. The Morgan fingerprint density at radius 2 is 1.96 bits per heavy atom. The second-order valence-corrected chi connectivity index (χ2v) is 6.13. The van der Waals surface area contributed by atoms with E-state index in [2.05, 4.69) is 33.9 Å². The summed E-state index contributed by atoms with van der Waals surface area (Å²) >= 11 is 0. The van der Waals surface area contributed by atoms with E-state index in [-0.39, 0.29) is 6.10 Å². The second-order valence-electron chi connectivity index (χ2n) is 6.13. The molecule has 0 N–H and O–H groups in total. The molecule has 5 nitrogen and oxygen atoms in total. The van der Waals surface area contributed by atoms with Gasteiger partial charge in [-0.3, -0.25) is 4.90 Å². The van der Waals surface area contributed by atoms with Crippen LogP contribution < -0.4 is 4.74 Å². The van der Waals surface area contributed by atoms with Crippen LogP contribution in [-0.4, -0.2) is 34.1 Å². The van der Waals surface area contributed by atoms with Gasteiger partial charge in [0.25, 0.3) is 0 Å². The summed E-state index contributed by atoms with van der Waals surface area (Å²) in [5.74, 6) is 0. The highest BCUT2D eigenvalue weighted by Gasteiger charge is 2.21. The summed E-state index contributed by atoms with van der Waals surface area (Å²) in [5.41, 5.74) is 3.03. The number of likely N-dealkylation sites (tertiary alicyclic amines) is 1. The first-order chi connectivity index (χ1) is 11.8. The van der Waals surface area contributed by atoms with E-state index in [1.807, 2.05) is 30.6 Å². The van der Waals surface area contributed by atoms with Crippen molar-refractivity contribution in [1.29, 1.82) is 5.26 Å². The van der Waals surface area contributed by atoms with E-state index >= 15 is 0 Å². The van der Waals surface area contributed by atoms with Crippen LogP contribution in [0.4, 0.5) is 0 Å². The van der Waals surface area contributed by atoms with Gasteiger partial charge in [0.15, 0.2) is 0 Å². The fourth-order valence-corrected chi connectivity index (χ4v) is 2.92. The maximum atomic E-state index is 8.98. The van der Waals surface area contributed by atoms with E-state index in [4.69, 9.17) is 10.00 Å². The van der Waals surface area contributed by atoms with E-state index in [0.717, 1.165) is 50.0 Å². The highest BCUT2D eigenvalue weighted by molar-refractivity contribution is 5.32. The van der Waals surface area contributed by atoms with Crippen molar-refractivity contribution in [2.45, 2.75) is 38.8 Å². The predicted molar refractivity (Wildman–Crippen MR) is 91.5 cm³/mol. The van der Waals surface area contributed by atoms with Crippen LogP contribution in [0.3, 0.4) is 0 Å². The molecule has 1 fully saturated rings. The Kier molecular flexibility index (Phi) is 5.39. The Hall–Kier alpha value is -2.45. The molecule has 0 bridgehead atoms. The summed E-state index contributed by atoms with van der Waals surface area (Å²) in [6.07, 6.45) is 6.72. The Morgan fingerprint density at radius 1 is 1.21 bits per heavy atom. The third kappa shape index (κ3) is 4.30. The average molecular weight is 322 g/mol. The van der Waals surface area contributed by atoms with Crippen LogP contribution in [0.25, 0.3) is 0 Å². The van der Waals surface area contributed by atoms with Gasteiger partial charge in [0.05, 0.1) is 11.6 Å².